The molecule has 4 heteroatoms. The number of nitrogens with two attached hydrogens (primary N) is 4. The van der Waals surface area contributed by atoms with Crippen molar-refractivity contribution in [1.82, 2.24) is 0 Å². The second-order valence-corrected chi connectivity index (χ2v) is 13.7. The Balaban J connectivity index is 0.000000240. The van der Waals surface area contributed by atoms with Gasteiger partial charge in [-0.1, -0.05) is 107 Å². The van der Waals surface area contributed by atoms with Crippen molar-refractivity contribution >= 4 is 0 Å². The van der Waals surface area contributed by atoms with E-state index in [1.54, 1.807) is 0 Å². The van der Waals surface area contributed by atoms with Crippen LogP contribution in [0.1, 0.15) is 132 Å². The van der Waals surface area contributed by atoms with Crippen LogP contribution in [0.15, 0.2) is 0 Å². The van der Waals surface area contributed by atoms with Gasteiger partial charge in [0.15, 0.2) is 0 Å². The lowest BCUT2D eigenvalue weighted by Gasteiger charge is -2.31. The lowest BCUT2D eigenvalue weighted by molar-refractivity contribution is 0.240. The summed E-state index contributed by atoms with van der Waals surface area (Å²) >= 11 is 0. The maximum atomic E-state index is 5.87. The molecular weight excluding hydrogens is 440 g/mol. The Morgan fingerprint density at radius 2 is 0.472 bits per heavy atom. The van der Waals surface area contributed by atoms with Crippen LogP contribution in [-0.2, 0) is 0 Å². The maximum absolute atomic E-state index is 5.87. The van der Waals surface area contributed by atoms with Crippen molar-refractivity contribution in [2.75, 3.05) is 0 Å². The predicted molar refractivity (Wildman–Crippen MR) is 161 cm³/mol. The first-order chi connectivity index (χ1) is 16.9. The first-order valence-corrected chi connectivity index (χ1v) is 15.9. The molecule has 4 rings (SSSR count). The number of hydrogen-bond acceptors (Lipinski definition) is 4. The van der Waals surface area contributed by atoms with E-state index in [4.69, 9.17) is 22.9 Å². The van der Waals surface area contributed by atoms with Crippen LogP contribution in [0, 0.1) is 47.3 Å². The van der Waals surface area contributed by atoms with Gasteiger partial charge in [0, 0.05) is 24.2 Å². The molecule has 4 saturated carbocycles. The van der Waals surface area contributed by atoms with E-state index in [0.29, 0.717) is 24.2 Å². The van der Waals surface area contributed by atoms with Gasteiger partial charge in [0.2, 0.25) is 0 Å². The van der Waals surface area contributed by atoms with E-state index in [9.17, 15) is 0 Å². The first-order valence-electron chi connectivity index (χ1n) is 15.9. The van der Waals surface area contributed by atoms with Crippen molar-refractivity contribution in [2.45, 2.75) is 157 Å². The summed E-state index contributed by atoms with van der Waals surface area (Å²) in [6, 6.07) is 1.92. The van der Waals surface area contributed by atoms with Gasteiger partial charge >= 0.3 is 0 Å². The zero-order valence-corrected chi connectivity index (χ0v) is 25.7. The molecule has 4 aliphatic rings. The Morgan fingerprint density at radius 1 is 0.306 bits per heavy atom. The van der Waals surface area contributed by atoms with E-state index in [0.717, 1.165) is 47.3 Å². The van der Waals surface area contributed by atoms with Gasteiger partial charge in [0.25, 0.3) is 0 Å². The zero-order valence-electron chi connectivity index (χ0n) is 25.7. The fourth-order valence-corrected chi connectivity index (χ4v) is 6.49. The molecule has 0 saturated heterocycles. The second-order valence-electron chi connectivity index (χ2n) is 13.7. The van der Waals surface area contributed by atoms with Gasteiger partial charge in [-0.15, -0.1) is 0 Å². The van der Waals surface area contributed by atoms with Crippen molar-refractivity contribution in [3.8, 4) is 0 Å². The first kappa shape index (κ1) is 33.9. The maximum Gasteiger partial charge on any atom is 0.00670 e. The van der Waals surface area contributed by atoms with Crippen LogP contribution in [0.4, 0.5) is 0 Å². The summed E-state index contributed by atoms with van der Waals surface area (Å²) < 4.78 is 0. The average Bonchev–Trinajstić information content (AvgIpc) is 2.84. The molecule has 12 atom stereocenters. The standard InChI is InChI=1S/4C8H17N/c4*1-6-4-3-5-8(9)7(6)2/h4*6-8H,3-5,9H2,1-2H3/t2*6-,7+,8-;2*6-,7-,8+/m1010/s1. The molecule has 0 unspecified atom stereocenters. The normalized spacial score (nSPS) is 45.0. The minimum atomic E-state index is 0.480. The summed E-state index contributed by atoms with van der Waals surface area (Å²) in [6.45, 7) is 18.3. The molecule has 0 amide bonds. The Labute approximate surface area is 226 Å². The molecule has 8 N–H and O–H groups in total. The molecule has 0 aromatic rings. The van der Waals surface area contributed by atoms with Crippen LogP contribution in [0.3, 0.4) is 0 Å². The summed E-state index contributed by atoms with van der Waals surface area (Å²) in [5.74, 6) is 6.42. The topological polar surface area (TPSA) is 104 Å². The molecule has 4 fully saturated rings. The molecule has 36 heavy (non-hydrogen) atoms. The summed E-state index contributed by atoms with van der Waals surface area (Å²) in [5.41, 5.74) is 23.5. The third kappa shape index (κ3) is 11.7. The third-order valence-electron chi connectivity index (χ3n) is 11.1. The largest absolute Gasteiger partial charge is 0.327 e. The summed E-state index contributed by atoms with van der Waals surface area (Å²) in [7, 11) is 0. The van der Waals surface area contributed by atoms with Crippen molar-refractivity contribution in [2.24, 2.45) is 70.3 Å². The van der Waals surface area contributed by atoms with Gasteiger partial charge in [0.05, 0.1) is 0 Å². The third-order valence-corrected chi connectivity index (χ3v) is 11.1. The SMILES string of the molecule is C[C@@H]1[C@@H](C)CCC[C@@H]1N.C[C@@H]1[C@H](C)CCC[C@@H]1N.C[C@@H]1[C@H](N)CCC[C@@H]1C.C[C@H]1[C@H](C)CCC[C@H]1N. The van der Waals surface area contributed by atoms with Crippen LogP contribution in [0.25, 0.3) is 0 Å². The van der Waals surface area contributed by atoms with Gasteiger partial charge in [-0.3, -0.25) is 0 Å². The summed E-state index contributed by atoms with van der Waals surface area (Å²) in [4.78, 5) is 0. The van der Waals surface area contributed by atoms with E-state index >= 15 is 0 Å². The molecule has 216 valence electrons. The molecule has 4 nitrogen and oxygen atoms in total. The van der Waals surface area contributed by atoms with Crippen LogP contribution in [0.5, 0.6) is 0 Å². The smallest absolute Gasteiger partial charge is 0.00670 e. The lowest BCUT2D eigenvalue weighted by Crippen LogP contribution is -2.35. The Morgan fingerprint density at radius 3 is 0.583 bits per heavy atom. The van der Waals surface area contributed by atoms with Gasteiger partial charge in [0.1, 0.15) is 0 Å². The highest BCUT2D eigenvalue weighted by Gasteiger charge is 2.25. The molecule has 4 aliphatic carbocycles. The fourth-order valence-electron chi connectivity index (χ4n) is 6.49. The predicted octanol–water partition coefficient (Wildman–Crippen LogP) is 7.08. The fraction of sp³-hybridized carbons (Fsp3) is 1.00. The minimum absolute atomic E-state index is 0.480. The van der Waals surface area contributed by atoms with Crippen molar-refractivity contribution in [3.05, 3.63) is 0 Å². The summed E-state index contributed by atoms with van der Waals surface area (Å²) in [6.07, 6.45) is 15.9. The van der Waals surface area contributed by atoms with Gasteiger partial charge in [-0.2, -0.15) is 0 Å². The van der Waals surface area contributed by atoms with Crippen molar-refractivity contribution in [3.63, 3.8) is 0 Å². The highest BCUT2D eigenvalue weighted by Crippen LogP contribution is 2.30. The molecule has 0 aromatic carbocycles. The van der Waals surface area contributed by atoms with E-state index < -0.39 is 0 Å². The molecular formula is C32H68N4. The molecule has 0 bridgehead atoms. The van der Waals surface area contributed by atoms with Crippen molar-refractivity contribution in [1.29, 1.82) is 0 Å². The monoisotopic (exact) mass is 509 g/mol. The highest BCUT2D eigenvalue weighted by atomic mass is 14.7. The van der Waals surface area contributed by atoms with Gasteiger partial charge in [-0.25, -0.2) is 0 Å². The number of hydrogen-bond donors (Lipinski definition) is 4. The zero-order chi connectivity index (χ0) is 27.4. The molecule has 0 spiro atoms. The van der Waals surface area contributed by atoms with Crippen LogP contribution in [0.2, 0.25) is 0 Å². The van der Waals surface area contributed by atoms with Gasteiger partial charge in [-0.05, 0) is 73.0 Å². The van der Waals surface area contributed by atoms with Gasteiger partial charge < -0.3 is 22.9 Å². The molecule has 0 aliphatic heterocycles. The summed E-state index contributed by atoms with van der Waals surface area (Å²) in [5, 5.41) is 0. The van der Waals surface area contributed by atoms with Crippen molar-refractivity contribution < 1.29 is 0 Å². The molecule has 0 heterocycles. The van der Waals surface area contributed by atoms with Crippen LogP contribution < -0.4 is 22.9 Å². The van der Waals surface area contributed by atoms with Crippen LogP contribution >= 0.6 is 0 Å². The highest BCUT2D eigenvalue weighted by molar-refractivity contribution is 4.81. The van der Waals surface area contributed by atoms with E-state index in [1.807, 2.05) is 0 Å². The Kier molecular flexibility index (Phi) is 16.4. The van der Waals surface area contributed by atoms with Crippen LogP contribution in [-0.4, -0.2) is 24.2 Å². The van der Waals surface area contributed by atoms with E-state index in [1.165, 1.54) is 77.0 Å². The Bertz CT molecular complexity index is 418. The second kappa shape index (κ2) is 17.4. The molecule has 0 radical (unpaired) electrons. The number of rotatable bonds is 0. The minimum Gasteiger partial charge on any atom is -0.327 e. The molecule has 0 aromatic heterocycles. The average molecular weight is 509 g/mol. The Hall–Kier alpha value is -0.160. The van der Waals surface area contributed by atoms with E-state index in [-0.39, 0.29) is 0 Å². The quantitative estimate of drug-likeness (QED) is 0.280. The van der Waals surface area contributed by atoms with E-state index in [2.05, 4.69) is 55.4 Å². The lowest BCUT2D eigenvalue weighted by atomic mass is 9.78.